The van der Waals surface area contributed by atoms with E-state index in [9.17, 15) is 8.42 Å². The predicted octanol–water partition coefficient (Wildman–Crippen LogP) is 2.66. The molecule has 5 heteroatoms. The predicted molar refractivity (Wildman–Crippen MR) is 86.6 cm³/mol. The molecule has 2 rings (SSSR count). The van der Waals surface area contributed by atoms with E-state index >= 15 is 0 Å². The van der Waals surface area contributed by atoms with Gasteiger partial charge in [0.05, 0.1) is 11.4 Å². The van der Waals surface area contributed by atoms with Crippen LogP contribution in [0.3, 0.4) is 0 Å². The van der Waals surface area contributed by atoms with Crippen molar-refractivity contribution in [3.8, 4) is 0 Å². The number of hydrogen-bond donors (Lipinski definition) is 2. The van der Waals surface area contributed by atoms with Crippen molar-refractivity contribution in [2.75, 3.05) is 11.8 Å². The first-order valence-electron chi connectivity index (χ1n) is 6.79. The van der Waals surface area contributed by atoms with Crippen molar-refractivity contribution in [1.29, 1.82) is 0 Å². The highest BCUT2D eigenvalue weighted by molar-refractivity contribution is 7.91. The second-order valence-electron chi connectivity index (χ2n) is 5.03. The molecule has 0 aliphatic rings. The molecule has 0 saturated carbocycles. The number of hydrogen-bond acceptors (Lipinski definition) is 3. The van der Waals surface area contributed by atoms with Crippen LogP contribution in [0.25, 0.3) is 0 Å². The van der Waals surface area contributed by atoms with Crippen LogP contribution in [0, 0.1) is 6.92 Å². The minimum absolute atomic E-state index is 0.0289. The van der Waals surface area contributed by atoms with E-state index in [1.807, 2.05) is 56.4 Å². The highest BCUT2D eigenvalue weighted by Gasteiger charge is 2.13. The Morgan fingerprint density at radius 2 is 1.71 bits per heavy atom. The van der Waals surface area contributed by atoms with Gasteiger partial charge in [0, 0.05) is 6.54 Å². The largest absolute Gasteiger partial charge is 0.316 e. The fraction of sp³-hybridized carbons (Fsp3) is 0.250. The van der Waals surface area contributed by atoms with Crippen LogP contribution in [0.4, 0.5) is 5.69 Å². The van der Waals surface area contributed by atoms with Gasteiger partial charge in [-0.3, -0.25) is 4.72 Å². The summed E-state index contributed by atoms with van der Waals surface area (Å²) in [6, 6.07) is 14.9. The second kappa shape index (κ2) is 6.74. The summed E-state index contributed by atoms with van der Waals surface area (Å²) >= 11 is 0. The minimum atomic E-state index is -3.41. The molecule has 0 saturated heterocycles. The van der Waals surface area contributed by atoms with Crippen LogP contribution >= 0.6 is 0 Å². The van der Waals surface area contributed by atoms with Crippen LogP contribution in [0.5, 0.6) is 0 Å². The molecule has 2 N–H and O–H groups in total. The third kappa shape index (κ3) is 4.58. The van der Waals surface area contributed by atoms with E-state index in [0.717, 1.165) is 23.2 Å². The van der Waals surface area contributed by atoms with E-state index in [0.29, 0.717) is 5.69 Å². The van der Waals surface area contributed by atoms with Gasteiger partial charge in [0.2, 0.25) is 10.0 Å². The van der Waals surface area contributed by atoms with Crippen molar-refractivity contribution in [1.82, 2.24) is 5.32 Å². The van der Waals surface area contributed by atoms with Crippen molar-refractivity contribution in [3.05, 3.63) is 65.2 Å². The van der Waals surface area contributed by atoms with Crippen LogP contribution in [0.15, 0.2) is 48.5 Å². The Balaban J connectivity index is 2.14. The molecule has 0 bridgehead atoms. The number of rotatable bonds is 6. The topological polar surface area (TPSA) is 58.2 Å². The molecule has 2 aromatic carbocycles. The molecule has 0 radical (unpaired) electrons. The molecule has 0 aliphatic carbocycles. The van der Waals surface area contributed by atoms with E-state index in [1.54, 1.807) is 6.07 Å². The Morgan fingerprint density at radius 1 is 1.00 bits per heavy atom. The molecule has 0 unspecified atom stereocenters. The standard InChI is InChI=1S/C16H20N2O2S/c1-13-6-3-4-9-16(13)18-21(19,20)12-15-8-5-7-14(10-15)11-17-2/h3-10,17-18H,11-12H2,1-2H3. The van der Waals surface area contributed by atoms with Crippen LogP contribution in [0.1, 0.15) is 16.7 Å². The van der Waals surface area contributed by atoms with E-state index in [1.165, 1.54) is 0 Å². The van der Waals surface area contributed by atoms with Gasteiger partial charge in [-0.1, -0.05) is 42.5 Å². The molecule has 21 heavy (non-hydrogen) atoms. The molecule has 112 valence electrons. The summed E-state index contributed by atoms with van der Waals surface area (Å²) in [6.45, 7) is 2.60. The van der Waals surface area contributed by atoms with E-state index < -0.39 is 10.0 Å². The molecule has 4 nitrogen and oxygen atoms in total. The van der Waals surface area contributed by atoms with Gasteiger partial charge in [0.25, 0.3) is 0 Å². The molecule has 0 aliphatic heterocycles. The SMILES string of the molecule is CNCc1cccc(CS(=O)(=O)Nc2ccccc2C)c1. The maximum absolute atomic E-state index is 12.3. The number of nitrogens with one attached hydrogen (secondary N) is 2. The molecule has 0 atom stereocenters. The van der Waals surface area contributed by atoms with Gasteiger partial charge in [0.15, 0.2) is 0 Å². The Morgan fingerprint density at radius 3 is 2.43 bits per heavy atom. The quantitative estimate of drug-likeness (QED) is 0.862. The fourth-order valence-electron chi connectivity index (χ4n) is 2.14. The van der Waals surface area contributed by atoms with E-state index in [2.05, 4.69) is 10.0 Å². The highest BCUT2D eigenvalue weighted by atomic mass is 32.2. The highest BCUT2D eigenvalue weighted by Crippen LogP contribution is 2.17. The van der Waals surface area contributed by atoms with Gasteiger partial charge in [-0.15, -0.1) is 0 Å². The summed E-state index contributed by atoms with van der Waals surface area (Å²) in [5.41, 5.74) is 3.39. The van der Waals surface area contributed by atoms with Crippen molar-refractivity contribution < 1.29 is 8.42 Å². The lowest BCUT2D eigenvalue weighted by atomic mass is 10.1. The zero-order chi connectivity index (χ0) is 15.3. The first kappa shape index (κ1) is 15.5. The second-order valence-corrected chi connectivity index (χ2v) is 6.75. The number of aryl methyl sites for hydroxylation is 1. The van der Waals surface area contributed by atoms with Crippen molar-refractivity contribution in [3.63, 3.8) is 0 Å². The normalized spacial score (nSPS) is 11.3. The lowest BCUT2D eigenvalue weighted by Crippen LogP contribution is -2.16. The number of para-hydroxylation sites is 1. The molecule has 0 spiro atoms. The summed E-state index contributed by atoms with van der Waals surface area (Å²) in [7, 11) is -1.55. The molecule has 0 aromatic heterocycles. The summed E-state index contributed by atoms with van der Waals surface area (Å²) in [6.07, 6.45) is 0. The zero-order valence-electron chi connectivity index (χ0n) is 12.3. The molecular formula is C16H20N2O2S. The first-order valence-corrected chi connectivity index (χ1v) is 8.44. The Kier molecular flexibility index (Phi) is 4.98. The minimum Gasteiger partial charge on any atom is -0.316 e. The van der Waals surface area contributed by atoms with Crippen molar-refractivity contribution in [2.24, 2.45) is 0 Å². The molecule has 0 heterocycles. The maximum Gasteiger partial charge on any atom is 0.236 e. The Hall–Kier alpha value is -1.85. The molecule has 0 amide bonds. The van der Waals surface area contributed by atoms with E-state index in [4.69, 9.17) is 0 Å². The van der Waals surface area contributed by atoms with E-state index in [-0.39, 0.29) is 5.75 Å². The lowest BCUT2D eigenvalue weighted by molar-refractivity contribution is 0.600. The smallest absolute Gasteiger partial charge is 0.236 e. The average Bonchev–Trinajstić information content (AvgIpc) is 2.41. The number of benzene rings is 2. The molecule has 2 aromatic rings. The third-order valence-corrected chi connectivity index (χ3v) is 4.38. The number of sulfonamides is 1. The Bertz CT molecular complexity index is 712. The van der Waals surface area contributed by atoms with Gasteiger partial charge in [-0.2, -0.15) is 0 Å². The van der Waals surface area contributed by atoms with Crippen molar-refractivity contribution in [2.45, 2.75) is 19.2 Å². The van der Waals surface area contributed by atoms with Gasteiger partial charge in [0.1, 0.15) is 0 Å². The summed E-state index contributed by atoms with van der Waals surface area (Å²) in [5.74, 6) is -0.0289. The maximum atomic E-state index is 12.3. The van der Waals surface area contributed by atoms with Crippen LogP contribution < -0.4 is 10.0 Å². The third-order valence-electron chi connectivity index (χ3n) is 3.14. The first-order chi connectivity index (χ1) is 10.00. The molecular weight excluding hydrogens is 284 g/mol. The monoisotopic (exact) mass is 304 g/mol. The Labute approximate surface area is 126 Å². The summed E-state index contributed by atoms with van der Waals surface area (Å²) in [5, 5.41) is 3.06. The fourth-order valence-corrected chi connectivity index (χ4v) is 3.40. The molecule has 0 fully saturated rings. The average molecular weight is 304 g/mol. The zero-order valence-corrected chi connectivity index (χ0v) is 13.1. The lowest BCUT2D eigenvalue weighted by Gasteiger charge is -2.11. The van der Waals surface area contributed by atoms with Crippen molar-refractivity contribution >= 4 is 15.7 Å². The van der Waals surface area contributed by atoms with Crippen LogP contribution in [-0.2, 0) is 22.3 Å². The van der Waals surface area contributed by atoms with Gasteiger partial charge in [-0.05, 0) is 36.7 Å². The summed E-state index contributed by atoms with van der Waals surface area (Å²) in [4.78, 5) is 0. The van der Waals surface area contributed by atoms with Gasteiger partial charge >= 0.3 is 0 Å². The van der Waals surface area contributed by atoms with Crippen LogP contribution in [-0.4, -0.2) is 15.5 Å². The van der Waals surface area contributed by atoms with Crippen LogP contribution in [0.2, 0.25) is 0 Å². The van der Waals surface area contributed by atoms with Gasteiger partial charge in [-0.25, -0.2) is 8.42 Å². The van der Waals surface area contributed by atoms with Gasteiger partial charge < -0.3 is 5.32 Å². The summed E-state index contributed by atoms with van der Waals surface area (Å²) < 4.78 is 27.2. The number of anilines is 1.